The molecular formula is C14H15NO5S. The van der Waals surface area contributed by atoms with Crippen molar-refractivity contribution in [1.29, 1.82) is 0 Å². The Bertz CT molecular complexity index is 712. The Morgan fingerprint density at radius 3 is 2.67 bits per heavy atom. The van der Waals surface area contributed by atoms with Gasteiger partial charge in [-0.15, -0.1) is 0 Å². The number of fused-ring (bicyclic) bond motifs is 1. The van der Waals surface area contributed by atoms with Crippen LogP contribution >= 0.6 is 0 Å². The van der Waals surface area contributed by atoms with E-state index in [1.165, 1.54) is 12.1 Å². The highest BCUT2D eigenvalue weighted by Crippen LogP contribution is 2.38. The number of carbonyl (C=O) groups is 2. The number of nitrogens with zero attached hydrogens (tertiary/aromatic N) is 1. The number of amides is 1. The Morgan fingerprint density at radius 1 is 1.38 bits per heavy atom. The second kappa shape index (κ2) is 4.84. The maximum atomic E-state index is 12.2. The van der Waals surface area contributed by atoms with Crippen molar-refractivity contribution in [3.05, 3.63) is 29.8 Å². The van der Waals surface area contributed by atoms with Crippen LogP contribution < -0.4 is 0 Å². The van der Waals surface area contributed by atoms with E-state index in [0.29, 0.717) is 5.92 Å². The third-order valence-electron chi connectivity index (χ3n) is 3.86. The number of rotatable bonds is 4. The Labute approximate surface area is 122 Å². The number of ether oxygens (including phenoxy) is 1. The smallest absolute Gasteiger partial charge is 0.309 e. The Morgan fingerprint density at radius 2 is 2.05 bits per heavy atom. The van der Waals surface area contributed by atoms with Gasteiger partial charge in [0, 0.05) is 0 Å². The number of hydrogen-bond donors (Lipinski definition) is 0. The summed E-state index contributed by atoms with van der Waals surface area (Å²) in [6.45, 7) is 1.70. The molecule has 0 radical (unpaired) electrons. The van der Waals surface area contributed by atoms with E-state index in [1.807, 2.05) is 6.92 Å². The summed E-state index contributed by atoms with van der Waals surface area (Å²) in [4.78, 5) is 23.7. The first-order valence-electron chi connectivity index (χ1n) is 6.75. The van der Waals surface area contributed by atoms with Crippen LogP contribution in [-0.4, -0.2) is 37.8 Å². The molecule has 1 heterocycles. The fraction of sp³-hybridized carbons (Fsp3) is 0.429. The summed E-state index contributed by atoms with van der Waals surface area (Å²) in [5.41, 5.74) is 0.166. The first-order valence-corrected chi connectivity index (χ1v) is 8.19. The van der Waals surface area contributed by atoms with E-state index in [4.69, 9.17) is 4.74 Å². The second-order valence-electron chi connectivity index (χ2n) is 5.37. The molecule has 1 aromatic carbocycles. The SMILES string of the molecule is C[C@@H]1C[C@@H]1C(=O)OCCN1C(=O)c2ccccc2S1(=O)=O. The van der Waals surface area contributed by atoms with Gasteiger partial charge in [0.1, 0.15) is 11.5 Å². The van der Waals surface area contributed by atoms with Gasteiger partial charge in [-0.05, 0) is 24.5 Å². The van der Waals surface area contributed by atoms with E-state index in [1.54, 1.807) is 12.1 Å². The lowest BCUT2D eigenvalue weighted by Gasteiger charge is -2.14. The highest BCUT2D eigenvalue weighted by Gasteiger charge is 2.42. The first-order chi connectivity index (χ1) is 9.93. The van der Waals surface area contributed by atoms with Crippen LogP contribution in [-0.2, 0) is 19.6 Å². The molecule has 21 heavy (non-hydrogen) atoms. The molecule has 0 saturated heterocycles. The van der Waals surface area contributed by atoms with Crippen LogP contribution in [0.4, 0.5) is 0 Å². The van der Waals surface area contributed by atoms with E-state index in [9.17, 15) is 18.0 Å². The van der Waals surface area contributed by atoms with Crippen molar-refractivity contribution < 1.29 is 22.7 Å². The molecule has 112 valence electrons. The van der Waals surface area contributed by atoms with Gasteiger partial charge in [0.25, 0.3) is 15.9 Å². The van der Waals surface area contributed by atoms with Crippen molar-refractivity contribution in [3.8, 4) is 0 Å². The number of sulfonamides is 1. The molecule has 0 bridgehead atoms. The molecule has 6 nitrogen and oxygen atoms in total. The molecule has 1 aliphatic heterocycles. The first kappa shape index (κ1) is 14.1. The van der Waals surface area contributed by atoms with Gasteiger partial charge in [-0.1, -0.05) is 19.1 Å². The molecule has 0 unspecified atom stereocenters. The summed E-state index contributed by atoms with van der Waals surface area (Å²) in [6.07, 6.45) is 0.811. The third-order valence-corrected chi connectivity index (χ3v) is 5.70. The van der Waals surface area contributed by atoms with Gasteiger partial charge in [0.05, 0.1) is 18.0 Å². The van der Waals surface area contributed by atoms with Gasteiger partial charge in [-0.3, -0.25) is 9.59 Å². The largest absolute Gasteiger partial charge is 0.464 e. The highest BCUT2D eigenvalue weighted by molar-refractivity contribution is 7.90. The van der Waals surface area contributed by atoms with Crippen LogP contribution in [0.5, 0.6) is 0 Å². The third kappa shape index (κ3) is 2.31. The number of benzene rings is 1. The Kier molecular flexibility index (Phi) is 3.24. The minimum absolute atomic E-state index is 0.0112. The average Bonchev–Trinajstić information content (AvgIpc) is 3.15. The number of esters is 1. The van der Waals surface area contributed by atoms with Crippen LogP contribution in [0, 0.1) is 11.8 Å². The minimum Gasteiger partial charge on any atom is -0.464 e. The van der Waals surface area contributed by atoms with Crippen LogP contribution in [0.15, 0.2) is 29.2 Å². The Hall–Kier alpha value is -1.89. The van der Waals surface area contributed by atoms with Gasteiger partial charge in [-0.2, -0.15) is 0 Å². The molecule has 1 fully saturated rings. The number of carbonyl (C=O) groups excluding carboxylic acids is 2. The van der Waals surface area contributed by atoms with Gasteiger partial charge in [-0.25, -0.2) is 12.7 Å². The van der Waals surface area contributed by atoms with E-state index in [-0.39, 0.29) is 35.5 Å². The lowest BCUT2D eigenvalue weighted by molar-refractivity contribution is -0.145. The fourth-order valence-corrected chi connectivity index (χ4v) is 3.99. The Balaban J connectivity index is 1.67. The summed E-state index contributed by atoms with van der Waals surface area (Å²) >= 11 is 0. The standard InChI is InChI=1S/C14H15NO5S/c1-9-8-11(9)14(17)20-7-6-15-13(16)10-4-2-3-5-12(10)21(15,18)19/h2-5,9,11H,6-8H2,1H3/t9-,11+/m1/s1. The van der Waals surface area contributed by atoms with Gasteiger partial charge in [0.15, 0.2) is 0 Å². The predicted octanol–water partition coefficient (Wildman–Crippen LogP) is 1.03. The molecule has 1 saturated carbocycles. The maximum absolute atomic E-state index is 12.2. The molecule has 2 aliphatic rings. The molecule has 1 amide bonds. The lowest BCUT2D eigenvalue weighted by atomic mass is 10.2. The molecule has 0 aromatic heterocycles. The molecule has 2 atom stereocenters. The summed E-state index contributed by atoms with van der Waals surface area (Å²) in [6, 6.07) is 6.07. The quantitative estimate of drug-likeness (QED) is 0.776. The zero-order valence-corrected chi connectivity index (χ0v) is 12.3. The topological polar surface area (TPSA) is 80.8 Å². The van der Waals surface area contributed by atoms with Crippen LogP contribution in [0.3, 0.4) is 0 Å². The zero-order chi connectivity index (χ0) is 15.2. The minimum atomic E-state index is -3.82. The molecule has 1 aromatic rings. The van der Waals surface area contributed by atoms with Crippen molar-refractivity contribution in [2.45, 2.75) is 18.2 Å². The summed E-state index contributed by atoms with van der Waals surface area (Å²) in [5, 5.41) is 0. The monoisotopic (exact) mass is 309 g/mol. The van der Waals surface area contributed by atoms with E-state index < -0.39 is 15.9 Å². The molecule has 1 aliphatic carbocycles. The predicted molar refractivity (Wildman–Crippen MR) is 72.9 cm³/mol. The van der Waals surface area contributed by atoms with Crippen molar-refractivity contribution in [1.82, 2.24) is 4.31 Å². The molecule has 7 heteroatoms. The van der Waals surface area contributed by atoms with Crippen molar-refractivity contribution in [2.75, 3.05) is 13.2 Å². The number of hydrogen-bond acceptors (Lipinski definition) is 5. The van der Waals surface area contributed by atoms with E-state index in [2.05, 4.69) is 0 Å². The van der Waals surface area contributed by atoms with E-state index in [0.717, 1.165) is 10.7 Å². The van der Waals surface area contributed by atoms with Crippen molar-refractivity contribution in [2.24, 2.45) is 11.8 Å². The fourth-order valence-electron chi connectivity index (χ4n) is 2.44. The van der Waals surface area contributed by atoms with Gasteiger partial charge >= 0.3 is 5.97 Å². The van der Waals surface area contributed by atoms with Crippen molar-refractivity contribution in [3.63, 3.8) is 0 Å². The second-order valence-corrected chi connectivity index (χ2v) is 7.20. The normalized spacial score (nSPS) is 25.6. The maximum Gasteiger partial charge on any atom is 0.309 e. The molecule has 3 rings (SSSR count). The highest BCUT2D eigenvalue weighted by atomic mass is 32.2. The van der Waals surface area contributed by atoms with Gasteiger partial charge in [0.2, 0.25) is 0 Å². The van der Waals surface area contributed by atoms with E-state index >= 15 is 0 Å². The van der Waals surface area contributed by atoms with Crippen LogP contribution in [0.2, 0.25) is 0 Å². The van der Waals surface area contributed by atoms with Crippen LogP contribution in [0.1, 0.15) is 23.7 Å². The lowest BCUT2D eigenvalue weighted by Crippen LogP contribution is -2.33. The van der Waals surface area contributed by atoms with Crippen molar-refractivity contribution >= 4 is 21.9 Å². The summed E-state index contributed by atoms with van der Waals surface area (Å²) in [5.74, 6) is -0.627. The van der Waals surface area contributed by atoms with Gasteiger partial charge < -0.3 is 4.74 Å². The molecule has 0 N–H and O–H groups in total. The summed E-state index contributed by atoms with van der Waals surface area (Å²) in [7, 11) is -3.82. The molecule has 0 spiro atoms. The average molecular weight is 309 g/mol. The zero-order valence-electron chi connectivity index (χ0n) is 11.5. The summed E-state index contributed by atoms with van der Waals surface area (Å²) < 4.78 is 30.3. The van der Waals surface area contributed by atoms with Crippen LogP contribution in [0.25, 0.3) is 0 Å². The molecular weight excluding hydrogens is 294 g/mol.